The van der Waals surface area contributed by atoms with Crippen molar-refractivity contribution in [2.45, 2.75) is 39.1 Å². The van der Waals surface area contributed by atoms with Gasteiger partial charge in [0.15, 0.2) is 9.84 Å². The number of rotatable bonds is 6. The van der Waals surface area contributed by atoms with Gasteiger partial charge in [-0.25, -0.2) is 8.42 Å². The third-order valence-corrected chi connectivity index (χ3v) is 4.68. The van der Waals surface area contributed by atoms with Crippen LogP contribution in [0.5, 0.6) is 0 Å². The predicted molar refractivity (Wildman–Crippen MR) is 70.2 cm³/mol. The van der Waals surface area contributed by atoms with Crippen LogP contribution in [0.1, 0.15) is 37.9 Å². The van der Waals surface area contributed by atoms with Crippen molar-refractivity contribution < 1.29 is 8.42 Å². The summed E-state index contributed by atoms with van der Waals surface area (Å²) in [7, 11) is -2.95. The number of halogens is 1. The van der Waals surface area contributed by atoms with E-state index in [1.807, 2.05) is 0 Å². The summed E-state index contributed by atoms with van der Waals surface area (Å²) in [6.45, 7) is 6.17. The zero-order valence-corrected chi connectivity index (χ0v) is 12.1. The van der Waals surface area contributed by atoms with Gasteiger partial charge in [-0.1, -0.05) is 20.8 Å². The molecule has 0 unspecified atom stereocenters. The molecule has 0 fully saturated rings. The van der Waals surface area contributed by atoms with Crippen molar-refractivity contribution in [1.82, 2.24) is 9.78 Å². The summed E-state index contributed by atoms with van der Waals surface area (Å²) in [6.07, 6.45) is 1.72. The summed E-state index contributed by atoms with van der Waals surface area (Å²) in [5.74, 6) is 1.00. The Labute approximate surface area is 108 Å². The zero-order valence-electron chi connectivity index (χ0n) is 10.5. The normalized spacial score (nSPS) is 12.3. The van der Waals surface area contributed by atoms with E-state index in [-0.39, 0.29) is 17.4 Å². The van der Waals surface area contributed by atoms with E-state index in [0.29, 0.717) is 12.4 Å². The molecule has 1 rings (SSSR count). The van der Waals surface area contributed by atoms with E-state index < -0.39 is 9.84 Å². The molecule has 0 saturated heterocycles. The average molecular weight is 279 g/mol. The Hall–Kier alpha value is -0.550. The van der Waals surface area contributed by atoms with Crippen LogP contribution in [0.2, 0.25) is 0 Å². The first-order valence-electron chi connectivity index (χ1n) is 5.72. The standard InChI is InChI=1S/C11H19ClN2O2S/c1-4-17(15,16)6-5-14-11(9(2)3)10(7-12)8-13-14/h8-9H,4-7H2,1-3H3. The maximum atomic E-state index is 11.5. The Bertz CT molecular complexity index is 466. The smallest absolute Gasteiger partial charge is 0.151 e. The molecule has 0 radical (unpaired) electrons. The first-order valence-corrected chi connectivity index (χ1v) is 8.07. The molecule has 1 aromatic heterocycles. The molecular formula is C11H19ClN2O2S. The monoisotopic (exact) mass is 278 g/mol. The van der Waals surface area contributed by atoms with E-state index in [1.54, 1.807) is 17.8 Å². The molecule has 17 heavy (non-hydrogen) atoms. The number of hydrogen-bond donors (Lipinski definition) is 0. The van der Waals surface area contributed by atoms with Crippen LogP contribution in [0.3, 0.4) is 0 Å². The van der Waals surface area contributed by atoms with Crippen molar-refractivity contribution in [1.29, 1.82) is 0 Å². The van der Waals surface area contributed by atoms with Crippen molar-refractivity contribution in [3.05, 3.63) is 17.5 Å². The molecule has 0 saturated carbocycles. The molecule has 0 aliphatic carbocycles. The third-order valence-electron chi connectivity index (χ3n) is 2.70. The number of nitrogens with zero attached hydrogens (tertiary/aromatic N) is 2. The number of sulfone groups is 1. The van der Waals surface area contributed by atoms with E-state index in [9.17, 15) is 8.42 Å². The van der Waals surface area contributed by atoms with Gasteiger partial charge in [-0.2, -0.15) is 5.10 Å². The summed E-state index contributed by atoms with van der Waals surface area (Å²) in [4.78, 5) is 0. The van der Waals surface area contributed by atoms with E-state index in [2.05, 4.69) is 18.9 Å². The minimum Gasteiger partial charge on any atom is -0.268 e. The molecule has 1 heterocycles. The van der Waals surface area contributed by atoms with Gasteiger partial charge in [0, 0.05) is 17.0 Å². The highest BCUT2D eigenvalue weighted by molar-refractivity contribution is 7.91. The number of aromatic nitrogens is 2. The van der Waals surface area contributed by atoms with Crippen LogP contribution < -0.4 is 0 Å². The Morgan fingerprint density at radius 1 is 1.47 bits per heavy atom. The Kier molecular flexibility index (Phi) is 5.01. The number of hydrogen-bond acceptors (Lipinski definition) is 3. The van der Waals surface area contributed by atoms with Crippen molar-refractivity contribution in [3.63, 3.8) is 0 Å². The summed E-state index contributed by atoms with van der Waals surface area (Å²) in [5.41, 5.74) is 2.02. The van der Waals surface area contributed by atoms with Crippen LogP contribution in [-0.2, 0) is 22.3 Å². The molecule has 0 aromatic carbocycles. The fraction of sp³-hybridized carbons (Fsp3) is 0.727. The molecule has 4 nitrogen and oxygen atoms in total. The van der Waals surface area contributed by atoms with Gasteiger partial charge in [0.05, 0.1) is 24.4 Å². The van der Waals surface area contributed by atoms with Gasteiger partial charge in [0.1, 0.15) is 0 Å². The fourth-order valence-corrected chi connectivity index (χ4v) is 2.70. The quantitative estimate of drug-likeness (QED) is 0.750. The number of alkyl halides is 1. The van der Waals surface area contributed by atoms with Crippen molar-refractivity contribution in [2.24, 2.45) is 0 Å². The summed E-state index contributed by atoms with van der Waals surface area (Å²) in [6, 6.07) is 0. The first-order chi connectivity index (χ1) is 7.91. The molecule has 6 heteroatoms. The Morgan fingerprint density at radius 2 is 2.12 bits per heavy atom. The lowest BCUT2D eigenvalue weighted by Crippen LogP contribution is -2.17. The maximum Gasteiger partial charge on any atom is 0.151 e. The van der Waals surface area contributed by atoms with E-state index in [0.717, 1.165) is 11.3 Å². The molecular weight excluding hydrogens is 260 g/mol. The van der Waals surface area contributed by atoms with Gasteiger partial charge in [-0.15, -0.1) is 11.6 Å². The number of aryl methyl sites for hydroxylation is 1. The van der Waals surface area contributed by atoms with Crippen LogP contribution in [0, 0.1) is 0 Å². The molecule has 0 aliphatic rings. The second-order valence-corrected chi connectivity index (χ2v) is 7.04. The Morgan fingerprint density at radius 3 is 2.59 bits per heavy atom. The first kappa shape index (κ1) is 14.5. The van der Waals surface area contributed by atoms with Crippen LogP contribution in [0.25, 0.3) is 0 Å². The predicted octanol–water partition coefficient (Wildman–Crippen LogP) is 2.18. The van der Waals surface area contributed by atoms with Gasteiger partial charge >= 0.3 is 0 Å². The molecule has 0 N–H and O–H groups in total. The van der Waals surface area contributed by atoms with Crippen LogP contribution in [-0.4, -0.2) is 29.7 Å². The van der Waals surface area contributed by atoms with Gasteiger partial charge in [-0.05, 0) is 5.92 Å². The summed E-state index contributed by atoms with van der Waals surface area (Å²) < 4.78 is 24.7. The van der Waals surface area contributed by atoms with E-state index >= 15 is 0 Å². The lowest BCUT2D eigenvalue weighted by atomic mass is 10.1. The van der Waals surface area contributed by atoms with Gasteiger partial charge in [0.2, 0.25) is 0 Å². The van der Waals surface area contributed by atoms with Gasteiger partial charge in [0.25, 0.3) is 0 Å². The highest BCUT2D eigenvalue weighted by atomic mass is 35.5. The van der Waals surface area contributed by atoms with Crippen LogP contribution in [0.15, 0.2) is 6.20 Å². The van der Waals surface area contributed by atoms with Gasteiger partial charge < -0.3 is 0 Å². The SMILES string of the molecule is CCS(=O)(=O)CCn1ncc(CCl)c1C(C)C. The minimum atomic E-state index is -2.95. The summed E-state index contributed by atoms with van der Waals surface area (Å²) >= 11 is 5.84. The van der Waals surface area contributed by atoms with Crippen LogP contribution in [0.4, 0.5) is 0 Å². The maximum absolute atomic E-state index is 11.5. The molecule has 0 atom stereocenters. The minimum absolute atomic E-state index is 0.132. The summed E-state index contributed by atoms with van der Waals surface area (Å²) in [5, 5.41) is 4.21. The van der Waals surface area contributed by atoms with E-state index in [4.69, 9.17) is 11.6 Å². The van der Waals surface area contributed by atoms with Crippen molar-refractivity contribution in [3.8, 4) is 0 Å². The molecule has 0 aliphatic heterocycles. The molecule has 1 aromatic rings. The highest BCUT2D eigenvalue weighted by Gasteiger charge is 2.15. The molecule has 0 bridgehead atoms. The molecule has 98 valence electrons. The average Bonchev–Trinajstić information content (AvgIpc) is 2.69. The van der Waals surface area contributed by atoms with E-state index in [1.165, 1.54) is 0 Å². The third kappa shape index (κ3) is 3.71. The largest absolute Gasteiger partial charge is 0.268 e. The molecule has 0 amide bonds. The van der Waals surface area contributed by atoms with Gasteiger partial charge in [-0.3, -0.25) is 4.68 Å². The van der Waals surface area contributed by atoms with Crippen LogP contribution >= 0.6 is 11.6 Å². The lowest BCUT2D eigenvalue weighted by molar-refractivity contribution is 0.566. The highest BCUT2D eigenvalue weighted by Crippen LogP contribution is 2.20. The second kappa shape index (κ2) is 5.87. The Balaban J connectivity index is 2.89. The molecule has 0 spiro atoms. The second-order valence-electron chi connectivity index (χ2n) is 4.30. The topological polar surface area (TPSA) is 52.0 Å². The lowest BCUT2D eigenvalue weighted by Gasteiger charge is -2.11. The zero-order chi connectivity index (χ0) is 13.1. The van der Waals surface area contributed by atoms with Crippen molar-refractivity contribution >= 4 is 21.4 Å². The fourth-order valence-electron chi connectivity index (χ4n) is 1.75. The van der Waals surface area contributed by atoms with Crippen molar-refractivity contribution in [2.75, 3.05) is 11.5 Å².